The summed E-state index contributed by atoms with van der Waals surface area (Å²) in [5, 5.41) is 15.4. The van der Waals surface area contributed by atoms with Gasteiger partial charge in [0.05, 0.1) is 0 Å². The summed E-state index contributed by atoms with van der Waals surface area (Å²) in [5.41, 5.74) is 0.500. The van der Waals surface area contributed by atoms with Gasteiger partial charge in [0.2, 0.25) is 0 Å². The molecule has 0 aromatic rings. The Bertz CT molecular complexity index is 181. The molecule has 0 amide bonds. The third-order valence-corrected chi connectivity index (χ3v) is 2.03. The van der Waals surface area contributed by atoms with E-state index in [2.05, 4.69) is 45.4 Å². The van der Waals surface area contributed by atoms with E-state index >= 15 is 0 Å². The number of carboxylic acids is 2. The molecule has 0 fully saturated rings. The van der Waals surface area contributed by atoms with E-state index in [1.807, 2.05) is 0 Å². The second-order valence-electron chi connectivity index (χ2n) is 4.48. The van der Waals surface area contributed by atoms with Gasteiger partial charge in [-0.3, -0.25) is 9.59 Å². The first-order chi connectivity index (χ1) is 6.07. The Morgan fingerprint density at radius 2 is 1.43 bits per heavy atom. The number of rotatable bonds is 2. The Morgan fingerprint density at radius 3 is 1.43 bits per heavy atom. The van der Waals surface area contributed by atoms with Gasteiger partial charge in [-0.05, 0) is 0 Å². The van der Waals surface area contributed by atoms with E-state index in [1.54, 1.807) is 0 Å². The van der Waals surface area contributed by atoms with Crippen LogP contribution in [0.3, 0.4) is 0 Å². The van der Waals surface area contributed by atoms with Crippen LogP contribution < -0.4 is 0 Å². The van der Waals surface area contributed by atoms with Crippen LogP contribution in [-0.4, -0.2) is 39.9 Å². The van der Waals surface area contributed by atoms with Crippen molar-refractivity contribution in [2.45, 2.75) is 38.7 Å². The van der Waals surface area contributed by atoms with Crippen LogP contribution in [-0.2, 0) is 9.59 Å². The Hall–Kier alpha value is -0.463. The zero-order valence-corrected chi connectivity index (χ0v) is 9.50. The van der Waals surface area contributed by atoms with Gasteiger partial charge in [0.25, 0.3) is 0 Å². The Morgan fingerprint density at radius 1 is 1.21 bits per heavy atom. The van der Waals surface area contributed by atoms with Gasteiger partial charge in [-0.1, -0.05) is 0 Å². The predicted octanol–water partition coefficient (Wildman–Crippen LogP) is 1.56. The van der Waals surface area contributed by atoms with Crippen LogP contribution in [0.25, 0.3) is 0 Å². The molecule has 0 aromatic carbocycles. The molecule has 1 unspecified atom stereocenters. The Balaban J connectivity index is 0. The quantitative estimate of drug-likeness (QED) is 0.519. The molecule has 4 nitrogen and oxygen atoms in total. The number of aliphatic carboxylic acids is 2. The average molecular weight is 196 g/mol. The molecule has 0 spiro atoms. The monoisotopic (exact) mass is 196 g/mol. The van der Waals surface area contributed by atoms with Crippen molar-refractivity contribution in [2.24, 2.45) is 5.41 Å². The van der Waals surface area contributed by atoms with Crippen LogP contribution in [0.1, 0.15) is 34.1 Å². The first-order valence-corrected chi connectivity index (χ1v) is 4.51. The molecule has 1 atom stereocenters. The molecule has 2 N–H and O–H groups in total. The molecule has 0 saturated heterocycles. The third-order valence-electron chi connectivity index (χ3n) is 2.03. The predicted molar refractivity (Wildman–Crippen MR) is 54.5 cm³/mol. The Kier molecular flexibility index (Phi) is 7.89. The molecular formula is C9H17LiO4. The molecule has 0 bridgehead atoms. The SMILES string of the molecule is O=C(O)CC(=O)O.[Li][CH](C)C(C)(C)C. The van der Waals surface area contributed by atoms with Crippen LogP contribution in [0.15, 0.2) is 0 Å². The molecule has 0 aliphatic rings. The summed E-state index contributed by atoms with van der Waals surface area (Å²) in [6, 6.07) is 0. The number of carboxylic acid groups (broad SMARTS) is 2. The second-order valence-corrected chi connectivity index (χ2v) is 4.48. The van der Waals surface area contributed by atoms with Gasteiger partial charge in [-0.25, -0.2) is 0 Å². The van der Waals surface area contributed by atoms with Gasteiger partial charge >= 0.3 is 67.4 Å². The van der Waals surface area contributed by atoms with Gasteiger partial charge in [0, 0.05) is 0 Å². The van der Waals surface area contributed by atoms with Gasteiger partial charge < -0.3 is 10.2 Å². The molecule has 0 saturated carbocycles. The summed E-state index contributed by atoms with van der Waals surface area (Å²) in [6.07, 6.45) is -0.806. The van der Waals surface area contributed by atoms with Crippen molar-refractivity contribution in [1.29, 1.82) is 0 Å². The van der Waals surface area contributed by atoms with Crippen molar-refractivity contribution >= 4 is 29.7 Å². The summed E-state index contributed by atoms with van der Waals surface area (Å²) in [7, 11) is 0. The first kappa shape index (κ1) is 16.0. The van der Waals surface area contributed by atoms with Crippen LogP contribution in [0.4, 0.5) is 0 Å². The van der Waals surface area contributed by atoms with Crippen LogP contribution >= 0.6 is 0 Å². The van der Waals surface area contributed by atoms with Crippen LogP contribution in [0.5, 0.6) is 0 Å². The average Bonchev–Trinajstić information content (AvgIpc) is 1.81. The van der Waals surface area contributed by atoms with Gasteiger partial charge in [-0.15, -0.1) is 0 Å². The fourth-order valence-electron chi connectivity index (χ4n) is 0.129. The Labute approximate surface area is 93.9 Å². The molecule has 0 aromatic heterocycles. The maximum absolute atomic E-state index is 9.43. The van der Waals surface area contributed by atoms with Crippen LogP contribution in [0, 0.1) is 5.41 Å². The summed E-state index contributed by atoms with van der Waals surface area (Å²) < 4.78 is 0.799. The van der Waals surface area contributed by atoms with Crippen molar-refractivity contribution in [3.63, 3.8) is 0 Å². The molecule has 0 radical (unpaired) electrons. The van der Waals surface area contributed by atoms with E-state index in [9.17, 15) is 9.59 Å². The molecule has 5 heteroatoms. The van der Waals surface area contributed by atoms with Gasteiger partial charge in [0.15, 0.2) is 0 Å². The van der Waals surface area contributed by atoms with Crippen molar-refractivity contribution < 1.29 is 19.8 Å². The van der Waals surface area contributed by atoms with E-state index in [-0.39, 0.29) is 0 Å². The van der Waals surface area contributed by atoms with Crippen LogP contribution in [0.2, 0.25) is 4.59 Å². The van der Waals surface area contributed by atoms with E-state index in [1.165, 1.54) is 0 Å². The topological polar surface area (TPSA) is 74.6 Å². The molecular weight excluding hydrogens is 179 g/mol. The molecule has 0 rings (SSSR count). The molecule has 14 heavy (non-hydrogen) atoms. The maximum atomic E-state index is 9.43. The standard InChI is InChI=1S/C6H13.C3H4O4.Li/c1-5-6(2,3)4;4-2(5)1-3(6)7;/h5H,1-4H3;1H2,(H,4,5)(H,6,7);. The molecule has 78 valence electrons. The second kappa shape index (κ2) is 6.91. The minimum atomic E-state index is -1.31. The van der Waals surface area contributed by atoms with E-state index in [0.29, 0.717) is 5.41 Å². The molecule has 0 heterocycles. The summed E-state index contributed by atoms with van der Waals surface area (Å²) in [4.78, 5) is 18.9. The van der Waals surface area contributed by atoms with E-state index in [4.69, 9.17) is 10.2 Å². The number of carbonyl (C=O) groups is 2. The summed E-state index contributed by atoms with van der Waals surface area (Å²) in [6.45, 7) is 9.03. The third kappa shape index (κ3) is 14.1. The van der Waals surface area contributed by atoms with Gasteiger partial charge in [0.1, 0.15) is 6.42 Å². The molecule has 0 aliphatic heterocycles. The zero-order valence-electron chi connectivity index (χ0n) is 9.50. The first-order valence-electron chi connectivity index (χ1n) is 4.51. The number of hydrogen-bond acceptors (Lipinski definition) is 2. The van der Waals surface area contributed by atoms with E-state index in [0.717, 1.165) is 4.59 Å². The van der Waals surface area contributed by atoms with Crippen molar-refractivity contribution in [3.05, 3.63) is 0 Å². The zero-order chi connectivity index (χ0) is 11.9. The van der Waals surface area contributed by atoms with Crippen molar-refractivity contribution in [1.82, 2.24) is 0 Å². The minimum absolute atomic E-state index is 0.500. The normalized spacial score (nSPS) is 12.4. The fourth-order valence-corrected chi connectivity index (χ4v) is 0.129. The van der Waals surface area contributed by atoms with Crippen molar-refractivity contribution in [3.8, 4) is 0 Å². The summed E-state index contributed by atoms with van der Waals surface area (Å²) >= 11 is 2.25. The summed E-state index contributed by atoms with van der Waals surface area (Å²) in [5.74, 6) is -2.62. The number of hydrogen-bond donors (Lipinski definition) is 2. The van der Waals surface area contributed by atoms with Crippen molar-refractivity contribution in [2.75, 3.05) is 0 Å². The van der Waals surface area contributed by atoms with Gasteiger partial charge in [-0.2, -0.15) is 0 Å². The fraction of sp³-hybridized carbons (Fsp3) is 0.778. The molecule has 0 aliphatic carbocycles. The van der Waals surface area contributed by atoms with E-state index < -0.39 is 18.4 Å².